The molecule has 0 heterocycles. The summed E-state index contributed by atoms with van der Waals surface area (Å²) in [6.45, 7) is 1.56. The summed E-state index contributed by atoms with van der Waals surface area (Å²) in [4.78, 5) is 0. The SMILES string of the molecule is Cc1cc(-c2cccc(Cl)c2)ccc1OC(F)(F)F. The van der Waals surface area contributed by atoms with E-state index in [4.69, 9.17) is 11.6 Å². The maximum absolute atomic E-state index is 12.2. The summed E-state index contributed by atoms with van der Waals surface area (Å²) in [6, 6.07) is 11.6. The van der Waals surface area contributed by atoms with Gasteiger partial charge in [-0.3, -0.25) is 0 Å². The van der Waals surface area contributed by atoms with Gasteiger partial charge in [0, 0.05) is 5.02 Å². The molecule has 2 aromatic rings. The molecular weight excluding hydrogens is 277 g/mol. The molecule has 0 spiro atoms. The highest BCUT2D eigenvalue weighted by atomic mass is 35.5. The number of hydrogen-bond acceptors (Lipinski definition) is 1. The molecule has 0 atom stereocenters. The van der Waals surface area contributed by atoms with Crippen molar-refractivity contribution in [2.24, 2.45) is 0 Å². The number of halogens is 4. The van der Waals surface area contributed by atoms with E-state index in [1.54, 1.807) is 37.3 Å². The Balaban J connectivity index is 2.34. The Morgan fingerprint density at radius 3 is 2.26 bits per heavy atom. The topological polar surface area (TPSA) is 9.23 Å². The van der Waals surface area contributed by atoms with E-state index < -0.39 is 6.36 Å². The van der Waals surface area contributed by atoms with Crippen LogP contribution in [0.1, 0.15) is 5.56 Å². The fourth-order valence-corrected chi connectivity index (χ4v) is 1.93. The maximum Gasteiger partial charge on any atom is 0.573 e. The Kier molecular flexibility index (Phi) is 3.71. The van der Waals surface area contributed by atoms with Crippen molar-refractivity contribution >= 4 is 11.6 Å². The summed E-state index contributed by atoms with van der Waals surface area (Å²) in [6.07, 6.45) is -4.68. The third-order valence-corrected chi connectivity index (χ3v) is 2.79. The highest BCUT2D eigenvalue weighted by Gasteiger charge is 2.31. The first kappa shape index (κ1) is 13.7. The summed E-state index contributed by atoms with van der Waals surface area (Å²) < 4.78 is 40.4. The standard InChI is InChI=1S/C14H10ClF3O/c1-9-7-11(10-3-2-4-12(15)8-10)5-6-13(9)19-14(16,17)18/h2-8H,1H3. The monoisotopic (exact) mass is 286 g/mol. The molecular formula is C14H10ClF3O. The molecule has 0 aliphatic rings. The molecule has 100 valence electrons. The van der Waals surface area contributed by atoms with Crippen LogP contribution in [0, 0.1) is 6.92 Å². The molecule has 0 aliphatic heterocycles. The van der Waals surface area contributed by atoms with Crippen molar-refractivity contribution in [1.82, 2.24) is 0 Å². The smallest absolute Gasteiger partial charge is 0.406 e. The van der Waals surface area contributed by atoms with Crippen LogP contribution >= 0.6 is 11.6 Å². The molecule has 0 saturated carbocycles. The molecule has 1 nitrogen and oxygen atoms in total. The largest absolute Gasteiger partial charge is 0.573 e. The van der Waals surface area contributed by atoms with Crippen molar-refractivity contribution in [3.8, 4) is 16.9 Å². The van der Waals surface area contributed by atoms with Crippen molar-refractivity contribution in [1.29, 1.82) is 0 Å². The molecule has 2 rings (SSSR count). The fraction of sp³-hybridized carbons (Fsp3) is 0.143. The van der Waals surface area contributed by atoms with E-state index in [2.05, 4.69) is 4.74 Å². The van der Waals surface area contributed by atoms with Gasteiger partial charge in [0.1, 0.15) is 5.75 Å². The second kappa shape index (κ2) is 5.13. The predicted molar refractivity (Wildman–Crippen MR) is 68.3 cm³/mol. The van der Waals surface area contributed by atoms with Gasteiger partial charge >= 0.3 is 6.36 Å². The first-order chi connectivity index (χ1) is 8.85. The molecule has 0 unspecified atom stereocenters. The van der Waals surface area contributed by atoms with Crippen LogP contribution in [0.4, 0.5) is 13.2 Å². The number of ether oxygens (including phenoxy) is 1. The van der Waals surface area contributed by atoms with E-state index in [0.717, 1.165) is 11.1 Å². The van der Waals surface area contributed by atoms with Gasteiger partial charge in [-0.25, -0.2) is 0 Å². The number of alkyl halides is 3. The van der Waals surface area contributed by atoms with E-state index in [1.165, 1.54) is 6.07 Å². The van der Waals surface area contributed by atoms with E-state index in [9.17, 15) is 13.2 Å². The van der Waals surface area contributed by atoms with E-state index >= 15 is 0 Å². The lowest BCUT2D eigenvalue weighted by molar-refractivity contribution is -0.274. The molecule has 5 heteroatoms. The summed E-state index contributed by atoms with van der Waals surface area (Å²) in [5.41, 5.74) is 2.04. The van der Waals surface area contributed by atoms with Gasteiger partial charge in [0.2, 0.25) is 0 Å². The number of hydrogen-bond donors (Lipinski definition) is 0. The Hall–Kier alpha value is -1.68. The third-order valence-electron chi connectivity index (χ3n) is 2.56. The zero-order valence-electron chi connectivity index (χ0n) is 9.96. The number of aryl methyl sites for hydroxylation is 1. The number of benzene rings is 2. The average Bonchev–Trinajstić information content (AvgIpc) is 2.30. The molecule has 0 radical (unpaired) electrons. The molecule has 0 fully saturated rings. The van der Waals surface area contributed by atoms with Gasteiger partial charge in [-0.1, -0.05) is 29.8 Å². The Morgan fingerprint density at radius 1 is 1.00 bits per heavy atom. The molecule has 0 bridgehead atoms. The lowest BCUT2D eigenvalue weighted by Crippen LogP contribution is -2.17. The van der Waals surface area contributed by atoms with Crippen molar-refractivity contribution in [2.45, 2.75) is 13.3 Å². The zero-order valence-corrected chi connectivity index (χ0v) is 10.7. The second-order valence-electron chi connectivity index (χ2n) is 4.04. The summed E-state index contributed by atoms with van der Waals surface area (Å²) in [7, 11) is 0. The first-order valence-corrected chi connectivity index (χ1v) is 5.85. The lowest BCUT2D eigenvalue weighted by Gasteiger charge is -2.12. The summed E-state index contributed by atoms with van der Waals surface area (Å²) >= 11 is 5.88. The van der Waals surface area contributed by atoms with Crippen molar-refractivity contribution in [3.05, 3.63) is 53.1 Å². The van der Waals surface area contributed by atoms with Crippen LogP contribution < -0.4 is 4.74 Å². The molecule has 0 aromatic heterocycles. The lowest BCUT2D eigenvalue weighted by atomic mass is 10.0. The van der Waals surface area contributed by atoms with Crippen molar-refractivity contribution in [2.75, 3.05) is 0 Å². The van der Waals surface area contributed by atoms with Crippen LogP contribution in [-0.4, -0.2) is 6.36 Å². The number of rotatable bonds is 2. The average molecular weight is 287 g/mol. The van der Waals surface area contributed by atoms with Gasteiger partial charge in [-0.05, 0) is 47.9 Å². The highest BCUT2D eigenvalue weighted by molar-refractivity contribution is 6.30. The van der Waals surface area contributed by atoms with Gasteiger partial charge in [0.05, 0.1) is 0 Å². The molecule has 0 aliphatic carbocycles. The van der Waals surface area contributed by atoms with Crippen molar-refractivity contribution in [3.63, 3.8) is 0 Å². The second-order valence-corrected chi connectivity index (χ2v) is 4.47. The quantitative estimate of drug-likeness (QED) is 0.736. The Labute approximate surface area is 113 Å². The van der Waals surface area contributed by atoms with Crippen molar-refractivity contribution < 1.29 is 17.9 Å². The summed E-state index contributed by atoms with van der Waals surface area (Å²) in [5, 5.41) is 0.575. The normalized spacial score (nSPS) is 11.4. The van der Waals surface area contributed by atoms with Gasteiger partial charge in [0.15, 0.2) is 0 Å². The first-order valence-electron chi connectivity index (χ1n) is 5.47. The molecule has 0 amide bonds. The molecule has 0 N–H and O–H groups in total. The third kappa shape index (κ3) is 3.64. The van der Waals surface area contributed by atoms with Gasteiger partial charge in [-0.15, -0.1) is 13.2 Å². The van der Waals surface area contributed by atoms with Crippen LogP contribution in [0.3, 0.4) is 0 Å². The van der Waals surface area contributed by atoms with E-state index in [0.29, 0.717) is 10.6 Å². The van der Waals surface area contributed by atoms with Crippen LogP contribution in [0.25, 0.3) is 11.1 Å². The van der Waals surface area contributed by atoms with Gasteiger partial charge < -0.3 is 4.74 Å². The van der Waals surface area contributed by atoms with E-state index in [-0.39, 0.29) is 5.75 Å². The van der Waals surface area contributed by atoms with Crippen LogP contribution in [0.2, 0.25) is 5.02 Å². The minimum absolute atomic E-state index is 0.196. The molecule has 19 heavy (non-hydrogen) atoms. The maximum atomic E-state index is 12.2. The highest BCUT2D eigenvalue weighted by Crippen LogP contribution is 2.30. The Morgan fingerprint density at radius 2 is 1.68 bits per heavy atom. The zero-order chi connectivity index (χ0) is 14.0. The Bertz CT molecular complexity index is 593. The van der Waals surface area contributed by atoms with Crippen LogP contribution in [0.15, 0.2) is 42.5 Å². The van der Waals surface area contributed by atoms with Crippen LogP contribution in [0.5, 0.6) is 5.75 Å². The fourth-order valence-electron chi connectivity index (χ4n) is 1.74. The van der Waals surface area contributed by atoms with E-state index in [1.807, 2.05) is 6.07 Å². The summed E-state index contributed by atoms with van der Waals surface area (Å²) in [5.74, 6) is -0.196. The molecule has 2 aromatic carbocycles. The predicted octanol–water partition coefficient (Wildman–Crippen LogP) is 5.21. The van der Waals surface area contributed by atoms with Gasteiger partial charge in [-0.2, -0.15) is 0 Å². The van der Waals surface area contributed by atoms with Gasteiger partial charge in [0.25, 0.3) is 0 Å². The minimum Gasteiger partial charge on any atom is -0.406 e. The minimum atomic E-state index is -4.68. The van der Waals surface area contributed by atoms with Crippen LogP contribution in [-0.2, 0) is 0 Å². The molecule has 0 saturated heterocycles.